The van der Waals surface area contributed by atoms with Crippen molar-refractivity contribution in [2.75, 3.05) is 13.1 Å². The molecule has 1 rings (SSSR count). The van der Waals surface area contributed by atoms with E-state index < -0.39 is 17.8 Å². The fourth-order valence-corrected chi connectivity index (χ4v) is 1.29. The van der Waals surface area contributed by atoms with Gasteiger partial charge in [0.2, 0.25) is 0 Å². The normalized spacial score (nSPS) is 22.8. The summed E-state index contributed by atoms with van der Waals surface area (Å²) in [6.07, 6.45) is -1.13. The van der Waals surface area contributed by atoms with Crippen molar-refractivity contribution in [2.45, 2.75) is 38.9 Å². The number of ether oxygens (including phenoxy) is 1. The van der Waals surface area contributed by atoms with Crippen LogP contribution in [-0.4, -0.2) is 46.7 Å². The number of aliphatic hydroxyl groups is 1. The summed E-state index contributed by atoms with van der Waals surface area (Å²) in [6, 6.07) is 0. The molecule has 1 saturated heterocycles. The van der Waals surface area contributed by atoms with Gasteiger partial charge in [-0.05, 0) is 27.2 Å². The molecule has 5 heteroatoms. The minimum absolute atomic E-state index is 0.0594. The Morgan fingerprint density at radius 2 is 2.13 bits per heavy atom. The van der Waals surface area contributed by atoms with E-state index in [1.165, 1.54) is 4.90 Å². The van der Waals surface area contributed by atoms with Crippen LogP contribution in [0.3, 0.4) is 0 Å². The molecule has 0 spiro atoms. The minimum atomic E-state index is -0.927. The maximum absolute atomic E-state index is 11.5. The van der Waals surface area contributed by atoms with Gasteiger partial charge in [-0.25, -0.2) is 4.79 Å². The first-order chi connectivity index (χ1) is 6.79. The Hall–Kier alpha value is -1.10. The average molecular weight is 215 g/mol. The van der Waals surface area contributed by atoms with Crippen LogP contribution in [0.2, 0.25) is 0 Å². The van der Waals surface area contributed by atoms with E-state index in [1.807, 2.05) is 0 Å². The Kier molecular flexibility index (Phi) is 3.34. The molecule has 0 aromatic carbocycles. The fourth-order valence-electron chi connectivity index (χ4n) is 1.29. The molecule has 1 atom stereocenters. The molecular formula is C10H17NO4. The lowest BCUT2D eigenvalue weighted by atomic mass is 10.1. The SMILES string of the molecule is CC(C)(C)OC(=O)N1CCC(O)C(=O)C1. The molecule has 86 valence electrons. The molecule has 1 fully saturated rings. The van der Waals surface area contributed by atoms with Crippen LogP contribution in [0.4, 0.5) is 4.79 Å². The van der Waals surface area contributed by atoms with Crippen molar-refractivity contribution in [2.24, 2.45) is 0 Å². The van der Waals surface area contributed by atoms with Crippen molar-refractivity contribution in [3.63, 3.8) is 0 Å². The van der Waals surface area contributed by atoms with Gasteiger partial charge in [-0.1, -0.05) is 0 Å². The Morgan fingerprint density at radius 1 is 1.53 bits per heavy atom. The molecule has 0 aliphatic carbocycles. The zero-order valence-corrected chi connectivity index (χ0v) is 9.32. The third-order valence-electron chi connectivity index (χ3n) is 2.04. The van der Waals surface area contributed by atoms with Crippen LogP contribution in [0.15, 0.2) is 0 Å². The lowest BCUT2D eigenvalue weighted by Crippen LogP contribution is -2.48. The quantitative estimate of drug-likeness (QED) is 0.641. The third-order valence-corrected chi connectivity index (χ3v) is 2.04. The summed E-state index contributed by atoms with van der Waals surface area (Å²) in [7, 11) is 0. The molecule has 5 nitrogen and oxygen atoms in total. The second-order valence-electron chi connectivity index (χ2n) is 4.67. The average Bonchev–Trinajstić information content (AvgIpc) is 2.06. The van der Waals surface area contributed by atoms with Crippen molar-refractivity contribution < 1.29 is 19.4 Å². The second kappa shape index (κ2) is 4.18. The monoisotopic (exact) mass is 215 g/mol. The van der Waals surface area contributed by atoms with E-state index in [-0.39, 0.29) is 18.7 Å². The molecule has 0 aromatic heterocycles. The van der Waals surface area contributed by atoms with Crippen LogP contribution >= 0.6 is 0 Å². The van der Waals surface area contributed by atoms with E-state index >= 15 is 0 Å². The van der Waals surface area contributed by atoms with Gasteiger partial charge in [-0.2, -0.15) is 0 Å². The zero-order chi connectivity index (χ0) is 11.6. The first kappa shape index (κ1) is 12.0. The highest BCUT2D eigenvalue weighted by Gasteiger charge is 2.30. The lowest BCUT2D eigenvalue weighted by molar-refractivity contribution is -0.131. The fraction of sp³-hybridized carbons (Fsp3) is 0.800. The highest BCUT2D eigenvalue weighted by Crippen LogP contribution is 2.13. The van der Waals surface area contributed by atoms with Crippen molar-refractivity contribution >= 4 is 11.9 Å². The zero-order valence-electron chi connectivity index (χ0n) is 9.32. The van der Waals surface area contributed by atoms with Gasteiger partial charge in [0.1, 0.15) is 11.7 Å². The Bertz CT molecular complexity index is 269. The van der Waals surface area contributed by atoms with E-state index in [1.54, 1.807) is 20.8 Å². The van der Waals surface area contributed by atoms with E-state index in [4.69, 9.17) is 4.74 Å². The molecule has 1 amide bonds. The molecule has 1 aliphatic heterocycles. The van der Waals surface area contributed by atoms with Gasteiger partial charge in [0.15, 0.2) is 5.78 Å². The molecule has 0 bridgehead atoms. The summed E-state index contributed by atoms with van der Waals surface area (Å²) in [5.74, 6) is -0.327. The van der Waals surface area contributed by atoms with Crippen LogP contribution in [-0.2, 0) is 9.53 Å². The molecule has 0 saturated carbocycles. The number of hydrogen-bond acceptors (Lipinski definition) is 4. The second-order valence-corrected chi connectivity index (χ2v) is 4.67. The maximum atomic E-state index is 11.5. The molecule has 1 N–H and O–H groups in total. The summed E-state index contributed by atoms with van der Waals surface area (Å²) >= 11 is 0. The predicted octanol–water partition coefficient (Wildman–Crippen LogP) is 0.557. The van der Waals surface area contributed by atoms with Crippen LogP contribution in [0, 0.1) is 0 Å². The number of likely N-dealkylation sites (tertiary alicyclic amines) is 1. The standard InChI is InChI=1S/C10H17NO4/c1-10(2,3)15-9(14)11-5-4-7(12)8(13)6-11/h7,12H,4-6H2,1-3H3. The predicted molar refractivity (Wildman–Crippen MR) is 53.4 cm³/mol. The van der Waals surface area contributed by atoms with Crippen molar-refractivity contribution in [3.8, 4) is 0 Å². The van der Waals surface area contributed by atoms with Crippen molar-refractivity contribution in [1.82, 2.24) is 4.90 Å². The largest absolute Gasteiger partial charge is 0.444 e. The van der Waals surface area contributed by atoms with Crippen molar-refractivity contribution in [1.29, 1.82) is 0 Å². The minimum Gasteiger partial charge on any atom is -0.444 e. The number of hydrogen-bond donors (Lipinski definition) is 1. The Balaban J connectivity index is 2.52. The topological polar surface area (TPSA) is 66.8 Å². The van der Waals surface area contributed by atoms with Crippen LogP contribution < -0.4 is 0 Å². The number of amides is 1. The number of Topliss-reactive ketones (excluding diaryl/α,β-unsaturated/α-hetero) is 1. The highest BCUT2D eigenvalue weighted by molar-refractivity contribution is 5.88. The number of ketones is 1. The van der Waals surface area contributed by atoms with Gasteiger partial charge < -0.3 is 14.7 Å². The first-order valence-electron chi connectivity index (χ1n) is 4.98. The smallest absolute Gasteiger partial charge is 0.410 e. The van der Waals surface area contributed by atoms with Gasteiger partial charge in [0.05, 0.1) is 6.54 Å². The van der Waals surface area contributed by atoms with Crippen LogP contribution in [0.25, 0.3) is 0 Å². The maximum Gasteiger partial charge on any atom is 0.410 e. The third kappa shape index (κ3) is 3.51. The first-order valence-corrected chi connectivity index (χ1v) is 4.98. The van der Waals surface area contributed by atoms with Gasteiger partial charge in [-0.15, -0.1) is 0 Å². The summed E-state index contributed by atoms with van der Waals surface area (Å²) in [4.78, 5) is 24.0. The molecule has 1 aliphatic rings. The van der Waals surface area contributed by atoms with Gasteiger partial charge >= 0.3 is 6.09 Å². The molecule has 1 unspecified atom stereocenters. The highest BCUT2D eigenvalue weighted by atomic mass is 16.6. The van der Waals surface area contributed by atoms with Crippen molar-refractivity contribution in [3.05, 3.63) is 0 Å². The molecule has 0 aromatic rings. The summed E-state index contributed by atoms with van der Waals surface area (Å²) in [5, 5.41) is 9.18. The molecule has 0 radical (unpaired) electrons. The number of piperidine rings is 1. The molecular weight excluding hydrogens is 198 g/mol. The summed E-state index contributed by atoms with van der Waals surface area (Å²) in [6.45, 7) is 5.61. The van der Waals surface area contributed by atoms with Crippen LogP contribution in [0.5, 0.6) is 0 Å². The number of rotatable bonds is 0. The molecule has 1 heterocycles. The van der Waals surface area contributed by atoms with Gasteiger partial charge in [0, 0.05) is 6.54 Å². The number of nitrogens with zero attached hydrogens (tertiary/aromatic N) is 1. The van der Waals surface area contributed by atoms with E-state index in [0.717, 1.165) is 0 Å². The lowest BCUT2D eigenvalue weighted by Gasteiger charge is -2.30. The Morgan fingerprint density at radius 3 is 2.60 bits per heavy atom. The van der Waals surface area contributed by atoms with Gasteiger partial charge in [-0.3, -0.25) is 4.79 Å². The number of aliphatic hydroxyl groups excluding tert-OH is 1. The summed E-state index contributed by atoms with van der Waals surface area (Å²) < 4.78 is 5.11. The Labute approximate surface area is 89.0 Å². The van der Waals surface area contributed by atoms with E-state index in [9.17, 15) is 14.7 Å². The van der Waals surface area contributed by atoms with Gasteiger partial charge in [0.25, 0.3) is 0 Å². The molecule has 15 heavy (non-hydrogen) atoms. The van der Waals surface area contributed by atoms with Crippen LogP contribution in [0.1, 0.15) is 27.2 Å². The number of carbonyl (C=O) groups is 2. The summed E-state index contributed by atoms with van der Waals surface area (Å²) in [5.41, 5.74) is -0.559. The van der Waals surface area contributed by atoms with E-state index in [2.05, 4.69) is 0 Å². The number of carbonyl (C=O) groups excluding carboxylic acids is 2. The van der Waals surface area contributed by atoms with E-state index in [0.29, 0.717) is 6.54 Å².